The van der Waals surface area contributed by atoms with E-state index < -0.39 is 0 Å². The van der Waals surface area contributed by atoms with Crippen LogP contribution in [-0.4, -0.2) is 14.9 Å². The van der Waals surface area contributed by atoms with Gasteiger partial charge >= 0.3 is 0 Å². The van der Waals surface area contributed by atoms with Crippen LogP contribution in [0.15, 0.2) is 63.7 Å². The van der Waals surface area contributed by atoms with Gasteiger partial charge in [0.2, 0.25) is 0 Å². The number of dihydropyridines is 1. The molecule has 0 saturated carbocycles. The predicted octanol–water partition coefficient (Wildman–Crippen LogP) is 2.73. The van der Waals surface area contributed by atoms with Crippen molar-refractivity contribution in [2.75, 3.05) is 0 Å². The van der Waals surface area contributed by atoms with E-state index in [1.54, 1.807) is 23.2 Å². The summed E-state index contributed by atoms with van der Waals surface area (Å²) in [5.41, 5.74) is 2.31. The molecule has 2 aliphatic rings. The maximum Gasteiger partial charge on any atom is 0.272 e. The number of nitrogens with one attached hydrogen (secondary N) is 1. The van der Waals surface area contributed by atoms with Crippen molar-refractivity contribution >= 4 is 28.9 Å². The molecule has 1 aromatic carbocycles. The summed E-state index contributed by atoms with van der Waals surface area (Å²) in [4.78, 5) is 17.8. The van der Waals surface area contributed by atoms with Gasteiger partial charge < -0.3 is 5.32 Å². The fourth-order valence-electron chi connectivity index (χ4n) is 2.46. The molecule has 1 unspecified atom stereocenters. The summed E-state index contributed by atoms with van der Waals surface area (Å²) in [5.74, 6) is 0. The van der Waals surface area contributed by atoms with Gasteiger partial charge in [-0.2, -0.15) is 0 Å². The van der Waals surface area contributed by atoms with Crippen LogP contribution in [-0.2, 0) is 0 Å². The van der Waals surface area contributed by atoms with Gasteiger partial charge in [-0.1, -0.05) is 41.6 Å². The predicted molar refractivity (Wildman–Crippen MR) is 84.5 cm³/mol. The van der Waals surface area contributed by atoms with Gasteiger partial charge in [0.15, 0.2) is 0 Å². The minimum absolute atomic E-state index is 0.0377. The second kappa shape index (κ2) is 4.79. The van der Waals surface area contributed by atoms with Crippen LogP contribution in [0.3, 0.4) is 0 Å². The van der Waals surface area contributed by atoms with E-state index in [4.69, 9.17) is 11.6 Å². The van der Waals surface area contributed by atoms with Crippen LogP contribution in [0.4, 0.5) is 0 Å². The van der Waals surface area contributed by atoms with Crippen LogP contribution >= 0.6 is 23.4 Å². The standard InChI is InChI=1S/C15H10ClN3OS/c16-10-6-7-17-14-11(10)12-13(21-14)15(20)19(8-18-12)9-4-2-1-3-5-9/h1-8,14,17H. The lowest BCUT2D eigenvalue weighted by Gasteiger charge is -2.16. The second-order valence-electron chi connectivity index (χ2n) is 4.69. The SMILES string of the molecule is O=c1c2c(ncn1-c1ccccc1)C1=C(Cl)C=CNC1S2. The molecule has 6 heteroatoms. The maximum absolute atomic E-state index is 12.7. The van der Waals surface area contributed by atoms with Gasteiger partial charge in [0.1, 0.15) is 16.6 Å². The zero-order valence-corrected chi connectivity index (χ0v) is 12.4. The van der Waals surface area contributed by atoms with Crippen LogP contribution in [0, 0.1) is 0 Å². The number of benzene rings is 1. The lowest BCUT2D eigenvalue weighted by molar-refractivity contribution is 0.880. The Balaban J connectivity index is 1.92. The number of aromatic nitrogens is 2. The molecule has 4 nitrogen and oxygen atoms in total. The van der Waals surface area contributed by atoms with Crippen LogP contribution < -0.4 is 10.9 Å². The van der Waals surface area contributed by atoms with Crippen molar-refractivity contribution in [2.24, 2.45) is 0 Å². The molecule has 1 N–H and O–H groups in total. The molecule has 0 amide bonds. The number of halogens is 1. The summed E-state index contributed by atoms with van der Waals surface area (Å²) >= 11 is 7.70. The van der Waals surface area contributed by atoms with E-state index in [2.05, 4.69) is 10.3 Å². The molecule has 21 heavy (non-hydrogen) atoms. The number of nitrogens with zero attached hydrogens (tertiary/aromatic N) is 2. The minimum atomic E-state index is -0.0654. The Bertz CT molecular complexity index is 842. The molecule has 104 valence electrons. The molecule has 0 spiro atoms. The van der Waals surface area contributed by atoms with Gasteiger partial charge in [-0.3, -0.25) is 9.36 Å². The minimum Gasteiger partial charge on any atom is -0.375 e. The third kappa shape index (κ3) is 1.92. The fourth-order valence-corrected chi connectivity index (χ4v) is 4.00. The van der Waals surface area contributed by atoms with E-state index in [-0.39, 0.29) is 10.9 Å². The molecular formula is C15H10ClN3OS. The van der Waals surface area contributed by atoms with Crippen molar-refractivity contribution in [3.63, 3.8) is 0 Å². The Morgan fingerprint density at radius 2 is 2.10 bits per heavy atom. The highest BCUT2D eigenvalue weighted by Crippen LogP contribution is 2.44. The molecule has 3 heterocycles. The average Bonchev–Trinajstić information content (AvgIpc) is 2.89. The third-order valence-electron chi connectivity index (χ3n) is 3.45. The number of fused-ring (bicyclic) bond motifs is 3. The summed E-state index contributed by atoms with van der Waals surface area (Å²) in [6, 6.07) is 9.47. The summed E-state index contributed by atoms with van der Waals surface area (Å²) in [6.07, 6.45) is 5.15. The number of allylic oxidation sites excluding steroid dienone is 2. The molecule has 1 atom stereocenters. The van der Waals surface area contributed by atoms with Gasteiger partial charge in [-0.15, -0.1) is 0 Å². The number of hydrogen-bond acceptors (Lipinski definition) is 4. The zero-order valence-electron chi connectivity index (χ0n) is 10.8. The molecule has 2 aliphatic heterocycles. The van der Waals surface area contributed by atoms with Crippen molar-refractivity contribution in [3.8, 4) is 5.69 Å². The fraction of sp³-hybridized carbons (Fsp3) is 0.0667. The van der Waals surface area contributed by atoms with Crippen LogP contribution in [0.5, 0.6) is 0 Å². The molecule has 4 rings (SSSR count). The first kappa shape index (κ1) is 12.7. The highest BCUT2D eigenvalue weighted by atomic mass is 35.5. The number of hydrogen-bond donors (Lipinski definition) is 1. The first-order valence-corrected chi connectivity index (χ1v) is 7.68. The monoisotopic (exact) mass is 315 g/mol. The zero-order chi connectivity index (χ0) is 14.4. The third-order valence-corrected chi connectivity index (χ3v) is 4.99. The smallest absolute Gasteiger partial charge is 0.272 e. The van der Waals surface area contributed by atoms with Crippen molar-refractivity contribution in [2.45, 2.75) is 10.3 Å². The largest absolute Gasteiger partial charge is 0.375 e. The first-order valence-electron chi connectivity index (χ1n) is 6.42. The molecule has 1 aromatic heterocycles. The molecule has 0 aliphatic carbocycles. The van der Waals surface area contributed by atoms with E-state index in [0.29, 0.717) is 15.6 Å². The normalized spacial score (nSPS) is 19.2. The number of thioether (sulfide) groups is 1. The Morgan fingerprint density at radius 3 is 2.90 bits per heavy atom. The van der Waals surface area contributed by atoms with Gasteiger partial charge in [0.25, 0.3) is 5.56 Å². The summed E-state index contributed by atoms with van der Waals surface area (Å²) in [5, 5.41) is 3.79. The first-order chi connectivity index (χ1) is 10.3. The lowest BCUT2D eigenvalue weighted by Crippen LogP contribution is -2.21. The van der Waals surface area contributed by atoms with Gasteiger partial charge in [0.05, 0.1) is 16.4 Å². The van der Waals surface area contributed by atoms with Crippen molar-refractivity contribution in [1.82, 2.24) is 14.9 Å². The van der Waals surface area contributed by atoms with Crippen LogP contribution in [0.2, 0.25) is 0 Å². The Hall–Kier alpha value is -1.98. The summed E-state index contributed by atoms with van der Waals surface area (Å²) in [7, 11) is 0. The molecular weight excluding hydrogens is 306 g/mol. The number of rotatable bonds is 1. The van der Waals surface area contributed by atoms with E-state index in [1.165, 1.54) is 11.8 Å². The quantitative estimate of drug-likeness (QED) is 0.879. The number of para-hydroxylation sites is 1. The van der Waals surface area contributed by atoms with Crippen molar-refractivity contribution in [1.29, 1.82) is 0 Å². The maximum atomic E-state index is 12.7. The molecule has 0 radical (unpaired) electrons. The summed E-state index contributed by atoms with van der Waals surface area (Å²) in [6.45, 7) is 0. The summed E-state index contributed by atoms with van der Waals surface area (Å²) < 4.78 is 1.56. The Kier molecular flexibility index (Phi) is 2.90. The van der Waals surface area contributed by atoms with Crippen LogP contribution in [0.1, 0.15) is 5.69 Å². The van der Waals surface area contributed by atoms with Gasteiger partial charge in [-0.25, -0.2) is 4.98 Å². The van der Waals surface area contributed by atoms with Crippen LogP contribution in [0.25, 0.3) is 11.3 Å². The molecule has 2 aromatic rings. The van der Waals surface area contributed by atoms with E-state index >= 15 is 0 Å². The van der Waals surface area contributed by atoms with Gasteiger partial charge in [-0.05, 0) is 24.4 Å². The second-order valence-corrected chi connectivity index (χ2v) is 6.22. The molecule has 0 fully saturated rings. The van der Waals surface area contributed by atoms with E-state index in [1.807, 2.05) is 30.3 Å². The van der Waals surface area contributed by atoms with Crippen molar-refractivity contribution in [3.05, 3.63) is 70.0 Å². The molecule has 0 saturated heterocycles. The van der Waals surface area contributed by atoms with Crippen molar-refractivity contribution < 1.29 is 0 Å². The topological polar surface area (TPSA) is 46.9 Å². The van der Waals surface area contributed by atoms with E-state index in [0.717, 1.165) is 11.3 Å². The van der Waals surface area contributed by atoms with Gasteiger partial charge in [0, 0.05) is 5.57 Å². The Labute approximate surface area is 130 Å². The Morgan fingerprint density at radius 1 is 1.29 bits per heavy atom. The van der Waals surface area contributed by atoms with E-state index in [9.17, 15) is 4.79 Å². The lowest BCUT2D eigenvalue weighted by atomic mass is 10.1. The highest BCUT2D eigenvalue weighted by molar-refractivity contribution is 8.00. The molecule has 0 bridgehead atoms. The highest BCUT2D eigenvalue weighted by Gasteiger charge is 2.34. The average molecular weight is 316 g/mol.